The van der Waals surface area contributed by atoms with Gasteiger partial charge in [0.05, 0.1) is 13.2 Å². The summed E-state index contributed by atoms with van der Waals surface area (Å²) in [5.74, 6) is 2.97. The van der Waals surface area contributed by atoms with Gasteiger partial charge in [-0.15, -0.1) is 24.0 Å². The first-order valence-corrected chi connectivity index (χ1v) is 11.7. The van der Waals surface area contributed by atoms with Gasteiger partial charge in [0.2, 0.25) is 5.88 Å². The van der Waals surface area contributed by atoms with Crippen molar-refractivity contribution in [2.45, 2.75) is 59.2 Å². The number of guanidine groups is 1. The van der Waals surface area contributed by atoms with Crippen LogP contribution in [-0.2, 0) is 6.54 Å². The van der Waals surface area contributed by atoms with Gasteiger partial charge >= 0.3 is 0 Å². The maximum absolute atomic E-state index is 5.91. The maximum Gasteiger partial charge on any atom is 0.219 e. The van der Waals surface area contributed by atoms with Gasteiger partial charge in [-0.25, -0.2) is 9.98 Å². The quantitative estimate of drug-likeness (QED) is 0.257. The second-order valence-electron chi connectivity index (χ2n) is 8.25. The van der Waals surface area contributed by atoms with Crippen LogP contribution in [0.3, 0.4) is 0 Å². The summed E-state index contributed by atoms with van der Waals surface area (Å²) in [5, 5.41) is 6.98. The van der Waals surface area contributed by atoms with Crippen LogP contribution in [0.1, 0.15) is 46.1 Å². The summed E-state index contributed by atoms with van der Waals surface area (Å²) in [6.07, 6.45) is 4.03. The summed E-state index contributed by atoms with van der Waals surface area (Å²) in [4.78, 5) is 11.7. The Morgan fingerprint density at radius 1 is 1.12 bits per heavy atom. The largest absolute Gasteiger partial charge is 0.494 e. The predicted molar refractivity (Wildman–Crippen MR) is 145 cm³/mol. The number of piperidine rings is 1. The van der Waals surface area contributed by atoms with Crippen molar-refractivity contribution in [2.24, 2.45) is 4.99 Å². The first kappa shape index (κ1) is 27.2. The van der Waals surface area contributed by atoms with E-state index in [1.165, 1.54) is 0 Å². The van der Waals surface area contributed by atoms with Crippen LogP contribution in [0.4, 0.5) is 0 Å². The van der Waals surface area contributed by atoms with Gasteiger partial charge in [-0.3, -0.25) is 0 Å². The van der Waals surface area contributed by atoms with Gasteiger partial charge in [0, 0.05) is 44.0 Å². The Kier molecular flexibility index (Phi) is 11.7. The molecule has 2 aromatic rings. The number of pyridine rings is 1. The van der Waals surface area contributed by atoms with Crippen LogP contribution in [0.25, 0.3) is 0 Å². The molecule has 1 aromatic heterocycles. The molecule has 1 fully saturated rings. The van der Waals surface area contributed by atoms with E-state index < -0.39 is 0 Å². The van der Waals surface area contributed by atoms with E-state index in [0.717, 1.165) is 55.5 Å². The lowest BCUT2D eigenvalue weighted by molar-refractivity contribution is 0.167. The highest BCUT2D eigenvalue weighted by Crippen LogP contribution is 2.23. The summed E-state index contributed by atoms with van der Waals surface area (Å²) in [5.41, 5.74) is 1.05. The molecule has 0 amide bonds. The molecule has 0 saturated carbocycles. The second-order valence-corrected chi connectivity index (χ2v) is 8.25. The molecule has 1 aromatic carbocycles. The first-order chi connectivity index (χ1) is 15.6. The number of rotatable bonds is 9. The Balaban J connectivity index is 0.00000385. The molecule has 1 aliphatic heterocycles. The number of hydrogen-bond donors (Lipinski definition) is 2. The van der Waals surface area contributed by atoms with Crippen molar-refractivity contribution in [3.63, 3.8) is 0 Å². The highest BCUT2D eigenvalue weighted by Gasteiger charge is 2.21. The fourth-order valence-corrected chi connectivity index (χ4v) is 3.74. The fourth-order valence-electron chi connectivity index (χ4n) is 3.74. The Bertz CT molecular complexity index is 852. The van der Waals surface area contributed by atoms with Crippen molar-refractivity contribution >= 4 is 29.9 Å². The van der Waals surface area contributed by atoms with Gasteiger partial charge in [0.25, 0.3) is 0 Å². The number of halogens is 1. The van der Waals surface area contributed by atoms with Crippen LogP contribution in [0.15, 0.2) is 47.6 Å². The molecule has 1 saturated heterocycles. The normalized spacial score (nSPS) is 15.1. The zero-order chi connectivity index (χ0) is 22.8. The van der Waals surface area contributed by atoms with Gasteiger partial charge < -0.3 is 25.0 Å². The first-order valence-electron chi connectivity index (χ1n) is 11.7. The lowest BCUT2D eigenvalue weighted by atomic mass is 10.0. The minimum absolute atomic E-state index is 0. The van der Waals surface area contributed by atoms with Crippen molar-refractivity contribution in [1.82, 2.24) is 20.5 Å². The van der Waals surface area contributed by atoms with Crippen molar-refractivity contribution in [3.05, 3.63) is 48.2 Å². The zero-order valence-corrected chi connectivity index (χ0v) is 22.5. The third-order valence-electron chi connectivity index (χ3n) is 5.52. The highest BCUT2D eigenvalue weighted by molar-refractivity contribution is 14.0. The zero-order valence-electron chi connectivity index (χ0n) is 20.2. The minimum atomic E-state index is 0. The molecule has 33 heavy (non-hydrogen) atoms. The van der Waals surface area contributed by atoms with Crippen molar-refractivity contribution in [2.75, 3.05) is 26.2 Å². The van der Waals surface area contributed by atoms with Crippen LogP contribution in [0.5, 0.6) is 17.4 Å². The van der Waals surface area contributed by atoms with Crippen molar-refractivity contribution in [3.8, 4) is 17.4 Å². The molecule has 0 spiro atoms. The summed E-state index contributed by atoms with van der Waals surface area (Å²) >= 11 is 0. The average molecular weight is 568 g/mol. The van der Waals surface area contributed by atoms with E-state index in [9.17, 15) is 0 Å². The standard InChI is InChI=1S/C25H37N5O2.HI/c1-5-26-25(29-21-12-15-30(16-13-21)19(3)4)28-18-20-11-14-27-24(17-20)32-23-9-7-22(8-10-23)31-6-2;/h7-11,14,17,19,21H,5-6,12-13,15-16,18H2,1-4H3,(H2,26,28,29);1H. The molecule has 0 bridgehead atoms. The van der Waals surface area contributed by atoms with Gasteiger partial charge in [0.15, 0.2) is 5.96 Å². The van der Waals surface area contributed by atoms with Crippen molar-refractivity contribution < 1.29 is 9.47 Å². The molecule has 182 valence electrons. The maximum atomic E-state index is 5.91. The van der Waals surface area contributed by atoms with Gasteiger partial charge in [-0.1, -0.05) is 0 Å². The molecule has 0 atom stereocenters. The van der Waals surface area contributed by atoms with Crippen LogP contribution in [0.2, 0.25) is 0 Å². The SMILES string of the molecule is CCNC(=NCc1ccnc(Oc2ccc(OCC)cc2)c1)NC1CCN(C(C)C)CC1.I. The summed E-state index contributed by atoms with van der Waals surface area (Å²) < 4.78 is 11.4. The van der Waals surface area contributed by atoms with E-state index >= 15 is 0 Å². The van der Waals surface area contributed by atoms with E-state index in [4.69, 9.17) is 14.5 Å². The van der Waals surface area contributed by atoms with Gasteiger partial charge in [-0.05, 0) is 76.4 Å². The van der Waals surface area contributed by atoms with E-state index in [0.29, 0.717) is 31.1 Å². The Labute approximate surface area is 215 Å². The van der Waals surface area contributed by atoms with E-state index in [1.54, 1.807) is 6.20 Å². The lowest BCUT2D eigenvalue weighted by Crippen LogP contribution is -2.49. The molecule has 0 radical (unpaired) electrons. The number of ether oxygens (including phenoxy) is 2. The number of aromatic nitrogens is 1. The van der Waals surface area contributed by atoms with E-state index in [1.807, 2.05) is 43.3 Å². The molecular formula is C25H38IN5O2. The number of nitrogens with one attached hydrogen (secondary N) is 2. The Morgan fingerprint density at radius 3 is 2.45 bits per heavy atom. The molecule has 7 nitrogen and oxygen atoms in total. The molecule has 3 rings (SSSR count). The minimum Gasteiger partial charge on any atom is -0.494 e. The van der Waals surface area contributed by atoms with E-state index in [-0.39, 0.29) is 24.0 Å². The molecule has 0 unspecified atom stereocenters. The third-order valence-corrected chi connectivity index (χ3v) is 5.52. The average Bonchev–Trinajstić information content (AvgIpc) is 2.80. The number of likely N-dealkylation sites (tertiary alicyclic amines) is 1. The van der Waals surface area contributed by atoms with E-state index in [2.05, 4.69) is 41.3 Å². The number of aliphatic imine (C=N–C) groups is 1. The number of nitrogens with zero attached hydrogens (tertiary/aromatic N) is 3. The molecular weight excluding hydrogens is 529 g/mol. The summed E-state index contributed by atoms with van der Waals surface area (Å²) in [6.45, 7) is 12.9. The summed E-state index contributed by atoms with van der Waals surface area (Å²) in [6, 6.07) is 12.5. The van der Waals surface area contributed by atoms with Crippen LogP contribution < -0.4 is 20.1 Å². The number of benzene rings is 1. The molecule has 2 heterocycles. The van der Waals surface area contributed by atoms with Crippen LogP contribution in [-0.4, -0.2) is 54.2 Å². The molecule has 2 N–H and O–H groups in total. The molecule has 0 aliphatic carbocycles. The predicted octanol–water partition coefficient (Wildman–Crippen LogP) is 4.82. The monoisotopic (exact) mass is 567 g/mol. The fraction of sp³-hybridized carbons (Fsp3) is 0.520. The molecule has 8 heteroatoms. The van der Waals surface area contributed by atoms with Crippen molar-refractivity contribution in [1.29, 1.82) is 0 Å². The van der Waals surface area contributed by atoms with Crippen LogP contribution in [0, 0.1) is 0 Å². The highest BCUT2D eigenvalue weighted by atomic mass is 127. The van der Waals surface area contributed by atoms with Gasteiger partial charge in [0.1, 0.15) is 11.5 Å². The number of hydrogen-bond acceptors (Lipinski definition) is 5. The Hall–Kier alpha value is -2.07. The summed E-state index contributed by atoms with van der Waals surface area (Å²) in [7, 11) is 0. The topological polar surface area (TPSA) is 71.0 Å². The van der Waals surface area contributed by atoms with Crippen LogP contribution >= 0.6 is 24.0 Å². The second kappa shape index (κ2) is 14.2. The lowest BCUT2D eigenvalue weighted by Gasteiger charge is -2.35. The third kappa shape index (κ3) is 9.00. The smallest absolute Gasteiger partial charge is 0.219 e. The van der Waals surface area contributed by atoms with Gasteiger partial charge in [-0.2, -0.15) is 0 Å². The Morgan fingerprint density at radius 2 is 1.82 bits per heavy atom. The molecule has 1 aliphatic rings.